The molecule has 1 aromatic carbocycles. The number of likely N-dealkylation sites (tertiary alicyclic amines) is 1. The fourth-order valence-electron chi connectivity index (χ4n) is 4.69. The van der Waals surface area contributed by atoms with Crippen LogP contribution in [0.15, 0.2) is 24.3 Å². The van der Waals surface area contributed by atoms with Crippen molar-refractivity contribution in [3.8, 4) is 0 Å². The van der Waals surface area contributed by atoms with Gasteiger partial charge in [-0.05, 0) is 31.2 Å². The van der Waals surface area contributed by atoms with E-state index in [-0.39, 0.29) is 18.4 Å². The third-order valence-electron chi connectivity index (χ3n) is 5.81. The molecule has 2 aromatic rings. The zero-order valence-corrected chi connectivity index (χ0v) is 14.4. The van der Waals surface area contributed by atoms with E-state index in [4.69, 9.17) is 0 Å². The molecule has 1 saturated heterocycles. The van der Waals surface area contributed by atoms with E-state index >= 15 is 0 Å². The van der Waals surface area contributed by atoms with Gasteiger partial charge in [0.1, 0.15) is 6.04 Å². The Hall–Kier alpha value is -2.37. The first-order chi connectivity index (χ1) is 12.1. The molecule has 4 rings (SSSR count). The van der Waals surface area contributed by atoms with E-state index in [0.29, 0.717) is 12.3 Å². The maximum absolute atomic E-state index is 13.1. The van der Waals surface area contributed by atoms with Crippen LogP contribution in [0.4, 0.5) is 0 Å². The number of aliphatic carboxylic acids is 1. The summed E-state index contributed by atoms with van der Waals surface area (Å²) < 4.78 is 1.78. The van der Waals surface area contributed by atoms with E-state index in [2.05, 4.69) is 5.10 Å². The van der Waals surface area contributed by atoms with Crippen molar-refractivity contribution in [2.24, 2.45) is 13.0 Å². The SMILES string of the molecule is Cn1nc(CC(=O)N2C(C(=O)O)CC3CCCCC32)c2ccccc21. The van der Waals surface area contributed by atoms with Crippen molar-refractivity contribution in [2.75, 3.05) is 0 Å². The molecular weight excluding hydrogens is 318 g/mol. The number of para-hydroxylation sites is 1. The Bertz CT molecular complexity index is 828. The van der Waals surface area contributed by atoms with Crippen molar-refractivity contribution < 1.29 is 14.7 Å². The number of aromatic nitrogens is 2. The lowest BCUT2D eigenvalue weighted by Gasteiger charge is -2.33. The lowest BCUT2D eigenvalue weighted by Crippen LogP contribution is -2.46. The first-order valence-corrected chi connectivity index (χ1v) is 9.01. The smallest absolute Gasteiger partial charge is 0.326 e. The molecule has 1 aliphatic carbocycles. The van der Waals surface area contributed by atoms with Gasteiger partial charge >= 0.3 is 5.97 Å². The van der Waals surface area contributed by atoms with E-state index in [1.54, 1.807) is 9.58 Å². The van der Waals surface area contributed by atoms with Crippen LogP contribution in [0.25, 0.3) is 10.9 Å². The molecule has 1 aliphatic heterocycles. The predicted molar refractivity (Wildman–Crippen MR) is 93.1 cm³/mol. The molecule has 6 nitrogen and oxygen atoms in total. The highest BCUT2D eigenvalue weighted by Crippen LogP contribution is 2.40. The number of hydrogen-bond donors (Lipinski definition) is 1. The molecule has 0 bridgehead atoms. The van der Waals surface area contributed by atoms with Crippen LogP contribution in [-0.4, -0.2) is 43.7 Å². The predicted octanol–water partition coefficient (Wildman–Crippen LogP) is 2.36. The fraction of sp³-hybridized carbons (Fsp3) is 0.526. The molecule has 0 radical (unpaired) electrons. The van der Waals surface area contributed by atoms with Gasteiger partial charge in [0.15, 0.2) is 0 Å². The molecule has 3 atom stereocenters. The summed E-state index contributed by atoms with van der Waals surface area (Å²) in [6.45, 7) is 0. The second-order valence-electron chi connectivity index (χ2n) is 7.27. The molecule has 2 heterocycles. The van der Waals surface area contributed by atoms with Crippen molar-refractivity contribution in [1.82, 2.24) is 14.7 Å². The Morgan fingerprint density at radius 2 is 2.00 bits per heavy atom. The molecule has 0 spiro atoms. The highest BCUT2D eigenvalue weighted by Gasteiger charge is 2.47. The van der Waals surface area contributed by atoms with E-state index in [1.165, 1.54) is 0 Å². The summed E-state index contributed by atoms with van der Waals surface area (Å²) in [6.07, 6.45) is 4.92. The first-order valence-electron chi connectivity index (χ1n) is 9.01. The van der Waals surface area contributed by atoms with E-state index < -0.39 is 12.0 Å². The number of nitrogens with zero attached hydrogens (tertiary/aromatic N) is 3. The van der Waals surface area contributed by atoms with E-state index in [1.807, 2.05) is 31.3 Å². The molecule has 2 fully saturated rings. The van der Waals surface area contributed by atoms with E-state index in [9.17, 15) is 14.7 Å². The molecule has 2 aliphatic rings. The Balaban J connectivity index is 1.63. The highest BCUT2D eigenvalue weighted by molar-refractivity contribution is 5.90. The van der Waals surface area contributed by atoms with Crippen molar-refractivity contribution in [3.63, 3.8) is 0 Å². The Morgan fingerprint density at radius 3 is 2.80 bits per heavy atom. The molecule has 1 aromatic heterocycles. The largest absolute Gasteiger partial charge is 0.480 e. The number of carboxylic acids is 1. The van der Waals surface area contributed by atoms with Gasteiger partial charge in [0.25, 0.3) is 0 Å². The van der Waals surface area contributed by atoms with Gasteiger partial charge in [0, 0.05) is 18.5 Å². The van der Waals surface area contributed by atoms with Gasteiger partial charge in [0.05, 0.1) is 17.6 Å². The quantitative estimate of drug-likeness (QED) is 0.930. The average Bonchev–Trinajstić information content (AvgIpc) is 3.14. The fourth-order valence-corrected chi connectivity index (χ4v) is 4.69. The molecule has 25 heavy (non-hydrogen) atoms. The summed E-state index contributed by atoms with van der Waals surface area (Å²) >= 11 is 0. The van der Waals surface area contributed by atoms with Gasteiger partial charge in [-0.25, -0.2) is 4.79 Å². The molecule has 1 N–H and O–H groups in total. The van der Waals surface area contributed by atoms with Crippen LogP contribution in [0.5, 0.6) is 0 Å². The number of benzene rings is 1. The van der Waals surface area contributed by atoms with Crippen LogP contribution in [0.3, 0.4) is 0 Å². The van der Waals surface area contributed by atoms with Crippen LogP contribution >= 0.6 is 0 Å². The van der Waals surface area contributed by atoms with Crippen molar-refractivity contribution in [2.45, 2.75) is 50.6 Å². The van der Waals surface area contributed by atoms with Crippen LogP contribution < -0.4 is 0 Å². The standard InChI is InChI=1S/C19H23N3O3/c1-21-16-9-5-3-7-13(16)14(20-21)11-18(23)22-15-8-4-2-6-12(15)10-17(22)19(24)25/h3,5,7,9,12,15,17H,2,4,6,8,10-11H2,1H3,(H,24,25). The molecule has 1 saturated carbocycles. The minimum Gasteiger partial charge on any atom is -0.480 e. The second-order valence-corrected chi connectivity index (χ2v) is 7.27. The zero-order chi connectivity index (χ0) is 17.6. The number of aryl methyl sites for hydroxylation is 1. The monoisotopic (exact) mass is 341 g/mol. The summed E-state index contributed by atoms with van der Waals surface area (Å²) in [4.78, 5) is 26.4. The van der Waals surface area contributed by atoms with Gasteiger partial charge in [0.2, 0.25) is 5.91 Å². The van der Waals surface area contributed by atoms with Crippen LogP contribution in [-0.2, 0) is 23.1 Å². The maximum atomic E-state index is 13.1. The molecule has 1 amide bonds. The lowest BCUT2D eigenvalue weighted by atomic mass is 9.84. The van der Waals surface area contributed by atoms with Crippen molar-refractivity contribution >= 4 is 22.8 Å². The first kappa shape index (κ1) is 16.1. The van der Waals surface area contributed by atoms with Crippen LogP contribution in [0.2, 0.25) is 0 Å². The van der Waals surface area contributed by atoms with Gasteiger partial charge in [-0.3, -0.25) is 9.48 Å². The third kappa shape index (κ3) is 2.69. The average molecular weight is 341 g/mol. The van der Waals surface area contributed by atoms with Crippen LogP contribution in [0, 0.1) is 5.92 Å². The maximum Gasteiger partial charge on any atom is 0.326 e. The second kappa shape index (κ2) is 6.17. The highest BCUT2D eigenvalue weighted by atomic mass is 16.4. The Kier molecular flexibility index (Phi) is 3.98. The Morgan fingerprint density at radius 1 is 1.24 bits per heavy atom. The zero-order valence-electron chi connectivity index (χ0n) is 14.4. The number of fused-ring (bicyclic) bond motifs is 2. The van der Waals surface area contributed by atoms with Crippen LogP contribution in [0.1, 0.15) is 37.8 Å². The van der Waals surface area contributed by atoms with Gasteiger partial charge < -0.3 is 10.0 Å². The van der Waals surface area contributed by atoms with Gasteiger partial charge in [-0.15, -0.1) is 0 Å². The third-order valence-corrected chi connectivity index (χ3v) is 5.81. The van der Waals surface area contributed by atoms with Crippen molar-refractivity contribution in [3.05, 3.63) is 30.0 Å². The Labute approximate surface area is 146 Å². The van der Waals surface area contributed by atoms with Gasteiger partial charge in [-0.2, -0.15) is 5.10 Å². The summed E-state index contributed by atoms with van der Waals surface area (Å²) in [7, 11) is 1.86. The molecule has 6 heteroatoms. The number of carboxylic acid groups (broad SMARTS) is 1. The lowest BCUT2D eigenvalue weighted by molar-refractivity contribution is -0.149. The number of amides is 1. The summed E-state index contributed by atoms with van der Waals surface area (Å²) in [5.41, 5.74) is 1.71. The summed E-state index contributed by atoms with van der Waals surface area (Å²) in [6, 6.07) is 7.22. The number of carbonyl (C=O) groups is 2. The normalized spacial score (nSPS) is 26.0. The molecular formula is C19H23N3O3. The number of rotatable bonds is 3. The number of hydrogen-bond acceptors (Lipinski definition) is 3. The van der Waals surface area contributed by atoms with Gasteiger partial charge in [-0.1, -0.05) is 31.0 Å². The molecule has 3 unspecified atom stereocenters. The number of carbonyl (C=O) groups excluding carboxylic acids is 1. The minimum absolute atomic E-state index is 0.0809. The summed E-state index contributed by atoms with van der Waals surface area (Å²) in [5, 5.41) is 15.1. The molecule has 132 valence electrons. The van der Waals surface area contributed by atoms with Crippen molar-refractivity contribution in [1.29, 1.82) is 0 Å². The topological polar surface area (TPSA) is 75.4 Å². The summed E-state index contributed by atoms with van der Waals surface area (Å²) in [5.74, 6) is -0.654. The van der Waals surface area contributed by atoms with E-state index in [0.717, 1.165) is 42.3 Å². The minimum atomic E-state index is -0.881.